The van der Waals surface area contributed by atoms with Crippen LogP contribution in [-0.4, -0.2) is 35.6 Å². The van der Waals surface area contributed by atoms with Crippen LogP contribution in [0.25, 0.3) is 0 Å². The summed E-state index contributed by atoms with van der Waals surface area (Å²) in [5.74, 6) is -0.363. The largest absolute Gasteiger partial charge is 0.389 e. The lowest BCUT2D eigenvalue weighted by Crippen LogP contribution is -2.42. The van der Waals surface area contributed by atoms with Gasteiger partial charge in [-0.3, -0.25) is 0 Å². The molecular weight excluding hydrogens is 261 g/mol. The molecule has 0 aliphatic carbocycles. The van der Waals surface area contributed by atoms with Gasteiger partial charge < -0.3 is 16.0 Å². The van der Waals surface area contributed by atoms with Crippen molar-refractivity contribution in [3.8, 4) is 0 Å². The zero-order valence-electron chi connectivity index (χ0n) is 11.3. The standard InChI is InChI=1S/C14H20FN3S/c1-9-8-10(6-7-18(9)2)17-12-5-3-4-11(15)13(12)14(16)19/h3-5,9-10,17H,6-8H2,1-2H3,(H2,16,19). The summed E-state index contributed by atoms with van der Waals surface area (Å²) in [6.07, 6.45) is 2.07. The highest BCUT2D eigenvalue weighted by molar-refractivity contribution is 7.80. The van der Waals surface area contributed by atoms with Gasteiger partial charge in [-0.15, -0.1) is 0 Å². The second kappa shape index (κ2) is 5.84. The van der Waals surface area contributed by atoms with Crippen molar-refractivity contribution in [2.24, 2.45) is 5.73 Å². The number of nitrogens with zero attached hydrogens (tertiary/aromatic N) is 1. The molecule has 2 atom stereocenters. The molecule has 0 bridgehead atoms. The Morgan fingerprint density at radius 1 is 1.53 bits per heavy atom. The van der Waals surface area contributed by atoms with E-state index in [0.717, 1.165) is 19.4 Å². The van der Waals surface area contributed by atoms with E-state index < -0.39 is 0 Å². The molecule has 0 spiro atoms. The van der Waals surface area contributed by atoms with Crippen LogP contribution in [0.3, 0.4) is 0 Å². The summed E-state index contributed by atoms with van der Waals surface area (Å²) < 4.78 is 13.8. The minimum Gasteiger partial charge on any atom is -0.389 e. The van der Waals surface area contributed by atoms with Gasteiger partial charge in [-0.2, -0.15) is 0 Å². The molecule has 2 rings (SSSR count). The Hall–Kier alpha value is -1.20. The number of hydrogen-bond donors (Lipinski definition) is 2. The van der Waals surface area contributed by atoms with Gasteiger partial charge in [0.25, 0.3) is 0 Å². The summed E-state index contributed by atoms with van der Waals surface area (Å²) in [6.45, 7) is 3.24. The zero-order chi connectivity index (χ0) is 14.0. The van der Waals surface area contributed by atoms with E-state index in [1.807, 2.05) is 6.07 Å². The summed E-state index contributed by atoms with van der Waals surface area (Å²) in [4.78, 5) is 2.43. The monoisotopic (exact) mass is 281 g/mol. The molecule has 1 aliphatic heterocycles. The molecule has 104 valence electrons. The molecule has 5 heteroatoms. The molecule has 0 amide bonds. The van der Waals surface area contributed by atoms with Crippen molar-refractivity contribution in [3.05, 3.63) is 29.6 Å². The first-order chi connectivity index (χ1) is 8.99. The fourth-order valence-corrected chi connectivity index (χ4v) is 2.74. The highest BCUT2D eigenvalue weighted by Gasteiger charge is 2.23. The van der Waals surface area contributed by atoms with Gasteiger partial charge in [0.15, 0.2) is 0 Å². The lowest BCUT2D eigenvalue weighted by Gasteiger charge is -2.36. The van der Waals surface area contributed by atoms with E-state index in [1.54, 1.807) is 6.07 Å². The summed E-state index contributed by atoms with van der Waals surface area (Å²) >= 11 is 4.94. The van der Waals surface area contributed by atoms with Crippen molar-refractivity contribution in [3.63, 3.8) is 0 Å². The first-order valence-corrected chi connectivity index (χ1v) is 6.95. The van der Waals surface area contributed by atoms with Gasteiger partial charge in [0, 0.05) is 24.3 Å². The summed E-state index contributed by atoms with van der Waals surface area (Å²) in [5.41, 5.74) is 6.64. The van der Waals surface area contributed by atoms with Crippen molar-refractivity contribution >= 4 is 22.9 Å². The third kappa shape index (κ3) is 3.22. The normalized spacial score (nSPS) is 24.2. The molecule has 1 heterocycles. The van der Waals surface area contributed by atoms with Crippen molar-refractivity contribution in [2.45, 2.75) is 31.8 Å². The Balaban J connectivity index is 2.15. The van der Waals surface area contributed by atoms with E-state index >= 15 is 0 Å². The van der Waals surface area contributed by atoms with Crippen LogP contribution >= 0.6 is 12.2 Å². The Kier molecular flexibility index (Phi) is 4.37. The molecule has 1 aliphatic rings. The quantitative estimate of drug-likeness (QED) is 0.835. The third-order valence-electron chi connectivity index (χ3n) is 3.83. The van der Waals surface area contributed by atoms with Crippen LogP contribution in [0.5, 0.6) is 0 Å². The van der Waals surface area contributed by atoms with Gasteiger partial charge in [-0.1, -0.05) is 18.3 Å². The lowest BCUT2D eigenvalue weighted by atomic mass is 9.98. The van der Waals surface area contributed by atoms with Crippen LogP contribution in [0.2, 0.25) is 0 Å². The topological polar surface area (TPSA) is 41.3 Å². The molecule has 0 saturated carbocycles. The molecule has 3 N–H and O–H groups in total. The number of piperidine rings is 1. The van der Waals surface area contributed by atoms with Crippen LogP contribution in [0.1, 0.15) is 25.3 Å². The Labute approximate surface area is 119 Å². The average Bonchev–Trinajstić information content (AvgIpc) is 2.33. The van der Waals surface area contributed by atoms with Crippen LogP contribution in [0.15, 0.2) is 18.2 Å². The number of nitrogens with two attached hydrogens (primary N) is 1. The Morgan fingerprint density at radius 3 is 2.89 bits per heavy atom. The van der Waals surface area contributed by atoms with Crippen LogP contribution in [0, 0.1) is 5.82 Å². The number of thiocarbonyl (C=S) groups is 1. The fraction of sp³-hybridized carbons (Fsp3) is 0.500. The predicted octanol–water partition coefficient (Wildman–Crippen LogP) is 2.35. The van der Waals surface area contributed by atoms with Crippen molar-refractivity contribution in [1.82, 2.24) is 4.90 Å². The molecule has 1 aromatic rings. The van der Waals surface area contributed by atoms with E-state index in [4.69, 9.17) is 18.0 Å². The third-order valence-corrected chi connectivity index (χ3v) is 4.03. The predicted molar refractivity (Wildman–Crippen MR) is 81.0 cm³/mol. The van der Waals surface area contributed by atoms with Crippen LogP contribution in [0.4, 0.5) is 10.1 Å². The Morgan fingerprint density at radius 2 is 2.26 bits per heavy atom. The lowest BCUT2D eigenvalue weighted by molar-refractivity contribution is 0.190. The van der Waals surface area contributed by atoms with Crippen molar-refractivity contribution < 1.29 is 4.39 Å². The van der Waals surface area contributed by atoms with Gasteiger partial charge in [0.05, 0.1) is 5.56 Å². The number of anilines is 1. The van der Waals surface area contributed by atoms with Gasteiger partial charge in [0.2, 0.25) is 0 Å². The van der Waals surface area contributed by atoms with Crippen LogP contribution < -0.4 is 11.1 Å². The molecule has 0 radical (unpaired) electrons. The number of halogens is 1. The van der Waals surface area contributed by atoms with E-state index in [1.165, 1.54) is 6.07 Å². The maximum Gasteiger partial charge on any atom is 0.135 e. The average molecular weight is 281 g/mol. The van der Waals surface area contributed by atoms with Crippen molar-refractivity contribution in [1.29, 1.82) is 0 Å². The maximum absolute atomic E-state index is 13.8. The van der Waals surface area contributed by atoms with Gasteiger partial charge in [0.1, 0.15) is 10.8 Å². The second-order valence-electron chi connectivity index (χ2n) is 5.22. The van der Waals surface area contributed by atoms with E-state index in [0.29, 0.717) is 23.3 Å². The number of nitrogens with one attached hydrogen (secondary N) is 1. The summed E-state index contributed by atoms with van der Waals surface area (Å²) in [6, 6.07) is 5.75. The van der Waals surface area contributed by atoms with E-state index in [2.05, 4.69) is 24.2 Å². The fourth-order valence-electron chi connectivity index (χ4n) is 2.54. The number of hydrogen-bond acceptors (Lipinski definition) is 3. The highest BCUT2D eigenvalue weighted by atomic mass is 32.1. The van der Waals surface area contributed by atoms with Crippen molar-refractivity contribution in [2.75, 3.05) is 18.9 Å². The first kappa shape index (κ1) is 14.2. The molecule has 1 fully saturated rings. The second-order valence-corrected chi connectivity index (χ2v) is 5.66. The van der Waals surface area contributed by atoms with E-state index in [-0.39, 0.29) is 10.8 Å². The first-order valence-electron chi connectivity index (χ1n) is 6.54. The Bertz CT molecular complexity index is 478. The van der Waals surface area contributed by atoms with Gasteiger partial charge >= 0.3 is 0 Å². The molecule has 3 nitrogen and oxygen atoms in total. The van der Waals surface area contributed by atoms with E-state index in [9.17, 15) is 4.39 Å². The molecule has 0 aromatic heterocycles. The zero-order valence-corrected chi connectivity index (χ0v) is 12.1. The maximum atomic E-state index is 13.8. The SMILES string of the molecule is CC1CC(Nc2cccc(F)c2C(N)=S)CCN1C. The van der Waals surface area contributed by atoms with Gasteiger partial charge in [-0.05, 0) is 38.9 Å². The number of rotatable bonds is 3. The molecule has 1 saturated heterocycles. The molecule has 1 aromatic carbocycles. The minimum absolute atomic E-state index is 0.0987. The number of benzene rings is 1. The smallest absolute Gasteiger partial charge is 0.135 e. The summed E-state index contributed by atoms with van der Waals surface area (Å²) in [7, 11) is 2.13. The highest BCUT2D eigenvalue weighted by Crippen LogP contribution is 2.24. The van der Waals surface area contributed by atoms with Gasteiger partial charge in [-0.25, -0.2) is 4.39 Å². The molecular formula is C14H20FN3S. The molecule has 19 heavy (non-hydrogen) atoms. The summed E-state index contributed by atoms with van der Waals surface area (Å²) in [5, 5.41) is 3.39. The minimum atomic E-state index is -0.363. The molecule has 2 unspecified atom stereocenters. The number of likely N-dealkylation sites (tertiary alicyclic amines) is 1. The van der Waals surface area contributed by atoms with Crippen LogP contribution in [-0.2, 0) is 0 Å².